The molecule has 0 radical (unpaired) electrons. The fraction of sp³-hybridized carbons (Fsp3) is 0.286. The van der Waals surface area contributed by atoms with Crippen molar-refractivity contribution in [1.82, 2.24) is 0 Å². The largest absolute Gasteiger partial charge is 0.130 e. The van der Waals surface area contributed by atoms with E-state index in [1.54, 1.807) is 6.08 Å². The number of rotatable bonds is 1. The second-order valence-corrected chi connectivity index (χ2v) is 8.65. The van der Waals surface area contributed by atoms with Crippen LogP contribution in [0.25, 0.3) is 0 Å². The second kappa shape index (κ2) is 7.75. The predicted molar refractivity (Wildman–Crippen MR) is 70.6 cm³/mol. The molecule has 0 amide bonds. The molecule has 0 aromatic rings. The van der Waals surface area contributed by atoms with Gasteiger partial charge in [-0.05, 0) is 36.7 Å². The lowest BCUT2D eigenvalue weighted by atomic mass is 10.4. The lowest BCUT2D eigenvalue weighted by Gasteiger charge is -2.01. The molecule has 0 heterocycles. The molecule has 76 valence electrons. The molecule has 0 saturated carbocycles. The van der Waals surface area contributed by atoms with Crippen LogP contribution in [0.1, 0.15) is 6.92 Å². The second-order valence-electron chi connectivity index (χ2n) is 3.90. The van der Waals surface area contributed by atoms with E-state index in [1.165, 1.54) is 0 Å². The summed E-state index contributed by atoms with van der Waals surface area (Å²) < 4.78 is 0. The van der Waals surface area contributed by atoms with Gasteiger partial charge in [0.25, 0.3) is 0 Å². The fourth-order valence-corrected chi connectivity index (χ4v) is 1.01. The Labute approximate surface area is 94.5 Å². The molecule has 0 fully saturated rings. The Hall–Kier alpha value is -1.62. The van der Waals surface area contributed by atoms with Crippen LogP contribution in [0.3, 0.4) is 0 Å². The molecule has 0 spiro atoms. The van der Waals surface area contributed by atoms with Gasteiger partial charge in [-0.25, -0.2) is 0 Å². The van der Waals surface area contributed by atoms with E-state index in [0.717, 1.165) is 0 Å². The summed E-state index contributed by atoms with van der Waals surface area (Å²) in [5.41, 5.74) is 3.15. The summed E-state index contributed by atoms with van der Waals surface area (Å²) in [6.07, 6.45) is 7.51. The maximum atomic E-state index is 3.15. The lowest BCUT2D eigenvalue weighted by Crippen LogP contribution is -2.16. The third-order valence-electron chi connectivity index (χ3n) is 1.18. The minimum absolute atomic E-state index is 1.28. The third kappa shape index (κ3) is 12.4. The first-order valence-electron chi connectivity index (χ1n) is 4.87. The highest BCUT2D eigenvalue weighted by atomic mass is 28.3. The summed E-state index contributed by atoms with van der Waals surface area (Å²) in [4.78, 5) is 0. The highest BCUT2D eigenvalue weighted by Gasteiger charge is 2.06. The standard InChI is InChI=1S/C14H16Si/c1-5-6-7-8-9-10-11-12-13-14-15(2,3)4/h5-8H,1-4H3/b6-5+,8-7+. The first kappa shape index (κ1) is 13.4. The van der Waals surface area contributed by atoms with Gasteiger partial charge in [-0.15, -0.1) is 5.54 Å². The van der Waals surface area contributed by atoms with E-state index >= 15 is 0 Å². The molecule has 15 heavy (non-hydrogen) atoms. The average Bonchev–Trinajstić information content (AvgIpc) is 2.14. The molecule has 0 aromatic carbocycles. The molecule has 0 aromatic heterocycles. The van der Waals surface area contributed by atoms with Crippen molar-refractivity contribution in [2.45, 2.75) is 26.6 Å². The molecular formula is C14H16Si. The summed E-state index contributed by atoms with van der Waals surface area (Å²) in [6.45, 7) is 8.52. The van der Waals surface area contributed by atoms with Crippen molar-refractivity contribution in [2.24, 2.45) is 0 Å². The summed E-state index contributed by atoms with van der Waals surface area (Å²) in [7, 11) is -1.28. The van der Waals surface area contributed by atoms with Gasteiger partial charge in [0.15, 0.2) is 0 Å². The number of allylic oxidation sites excluding steroid dienone is 4. The highest BCUT2D eigenvalue weighted by Crippen LogP contribution is 1.95. The first-order chi connectivity index (χ1) is 7.06. The zero-order chi connectivity index (χ0) is 11.6. The van der Waals surface area contributed by atoms with Gasteiger partial charge in [0, 0.05) is 0 Å². The Kier molecular flexibility index (Phi) is 6.91. The predicted octanol–water partition coefficient (Wildman–Crippen LogP) is 3.01. The molecule has 0 unspecified atom stereocenters. The zero-order valence-electron chi connectivity index (χ0n) is 9.81. The minimum atomic E-state index is -1.28. The van der Waals surface area contributed by atoms with Gasteiger partial charge in [0.2, 0.25) is 0 Å². The molecule has 0 bridgehead atoms. The van der Waals surface area contributed by atoms with Crippen molar-refractivity contribution >= 4 is 8.07 Å². The van der Waals surface area contributed by atoms with E-state index < -0.39 is 8.07 Å². The van der Waals surface area contributed by atoms with Crippen LogP contribution in [0.2, 0.25) is 19.6 Å². The average molecular weight is 212 g/mol. The van der Waals surface area contributed by atoms with Crippen LogP contribution < -0.4 is 0 Å². The number of hydrogen-bond donors (Lipinski definition) is 0. The van der Waals surface area contributed by atoms with Crippen molar-refractivity contribution in [2.75, 3.05) is 0 Å². The van der Waals surface area contributed by atoms with Gasteiger partial charge < -0.3 is 0 Å². The molecule has 0 nitrogen and oxygen atoms in total. The van der Waals surface area contributed by atoms with Crippen LogP contribution >= 0.6 is 0 Å². The van der Waals surface area contributed by atoms with E-state index in [9.17, 15) is 0 Å². The molecular weight excluding hydrogens is 196 g/mol. The quantitative estimate of drug-likeness (QED) is 0.356. The molecule has 0 atom stereocenters. The van der Waals surface area contributed by atoms with Gasteiger partial charge >= 0.3 is 0 Å². The Morgan fingerprint density at radius 1 is 0.867 bits per heavy atom. The third-order valence-corrected chi connectivity index (χ3v) is 2.06. The van der Waals surface area contributed by atoms with Gasteiger partial charge in [-0.3, -0.25) is 0 Å². The van der Waals surface area contributed by atoms with Crippen molar-refractivity contribution < 1.29 is 0 Å². The zero-order valence-corrected chi connectivity index (χ0v) is 10.8. The summed E-state index contributed by atoms with van der Waals surface area (Å²) in [5, 5.41) is 0. The molecule has 0 N–H and O–H groups in total. The smallest absolute Gasteiger partial charge is 0.118 e. The van der Waals surface area contributed by atoms with Crippen molar-refractivity contribution in [3.8, 4) is 35.1 Å². The Bertz CT molecular complexity index is 412. The van der Waals surface area contributed by atoms with Gasteiger partial charge in [0.1, 0.15) is 8.07 Å². The Morgan fingerprint density at radius 3 is 2.13 bits per heavy atom. The van der Waals surface area contributed by atoms with Crippen LogP contribution in [0.4, 0.5) is 0 Å². The SMILES string of the molecule is C/C=C/C=C/C#CC#CC#C[Si](C)(C)C. The molecule has 0 aliphatic heterocycles. The molecule has 0 aliphatic rings. The minimum Gasteiger partial charge on any atom is -0.118 e. The lowest BCUT2D eigenvalue weighted by molar-refractivity contribution is 1.74. The van der Waals surface area contributed by atoms with Crippen LogP contribution in [-0.4, -0.2) is 8.07 Å². The summed E-state index contributed by atoms with van der Waals surface area (Å²) in [5.74, 6) is 13.8. The first-order valence-corrected chi connectivity index (χ1v) is 8.37. The van der Waals surface area contributed by atoms with E-state index in [4.69, 9.17) is 0 Å². The molecule has 0 aliphatic carbocycles. The highest BCUT2D eigenvalue weighted by molar-refractivity contribution is 6.83. The Morgan fingerprint density at radius 2 is 1.53 bits per heavy atom. The van der Waals surface area contributed by atoms with Gasteiger partial charge in [-0.1, -0.05) is 43.8 Å². The topological polar surface area (TPSA) is 0 Å². The summed E-state index contributed by atoms with van der Waals surface area (Å²) >= 11 is 0. The normalized spacial score (nSPS) is 9.87. The number of hydrogen-bond acceptors (Lipinski definition) is 0. The van der Waals surface area contributed by atoms with Crippen LogP contribution in [0.15, 0.2) is 24.3 Å². The van der Waals surface area contributed by atoms with Crippen molar-refractivity contribution in [3.05, 3.63) is 24.3 Å². The monoisotopic (exact) mass is 212 g/mol. The molecule has 0 rings (SSSR count). The maximum Gasteiger partial charge on any atom is 0.130 e. The van der Waals surface area contributed by atoms with Crippen LogP contribution in [0, 0.1) is 35.1 Å². The van der Waals surface area contributed by atoms with E-state index in [-0.39, 0.29) is 0 Å². The van der Waals surface area contributed by atoms with Crippen molar-refractivity contribution in [1.29, 1.82) is 0 Å². The Balaban J connectivity index is 4.15. The van der Waals surface area contributed by atoms with Crippen LogP contribution in [-0.2, 0) is 0 Å². The van der Waals surface area contributed by atoms with E-state index in [1.807, 2.05) is 25.2 Å². The maximum absolute atomic E-state index is 3.15. The summed E-state index contributed by atoms with van der Waals surface area (Å²) in [6, 6.07) is 0. The van der Waals surface area contributed by atoms with E-state index in [2.05, 4.69) is 54.8 Å². The van der Waals surface area contributed by atoms with Gasteiger partial charge in [-0.2, -0.15) is 0 Å². The van der Waals surface area contributed by atoms with Crippen LogP contribution in [0.5, 0.6) is 0 Å². The molecule has 1 heteroatoms. The molecule has 0 saturated heterocycles. The van der Waals surface area contributed by atoms with Crippen molar-refractivity contribution in [3.63, 3.8) is 0 Å². The van der Waals surface area contributed by atoms with Gasteiger partial charge in [0.05, 0.1) is 0 Å². The fourth-order valence-electron chi connectivity index (χ4n) is 0.574. The van der Waals surface area contributed by atoms with E-state index in [0.29, 0.717) is 0 Å².